The molecule has 0 saturated heterocycles. The van der Waals surface area contributed by atoms with E-state index in [1.54, 1.807) is 13.8 Å². The minimum atomic E-state index is -1.31. The number of esters is 1. The Kier molecular flexibility index (Phi) is 7.01. The molecule has 1 aliphatic rings. The maximum absolute atomic E-state index is 14.6. The number of halogens is 4. The number of aromatic nitrogens is 1. The standard InChI is InChI=1S/C21H19F4N3O3/c1-3-30-10-16-17(21(29)31-4-2)18(13-6-5-11(22)7-14(13)24)28-20(27-16)19-15(25)8-12(23)9-26-19/h5-9,18H,3-4,10H2,1-2H3,(H,27,28). The molecule has 0 aliphatic carbocycles. The van der Waals surface area contributed by atoms with Gasteiger partial charge in [-0.15, -0.1) is 0 Å². The van der Waals surface area contributed by atoms with Crippen molar-refractivity contribution in [3.8, 4) is 0 Å². The van der Waals surface area contributed by atoms with Crippen LogP contribution < -0.4 is 5.32 Å². The van der Waals surface area contributed by atoms with Gasteiger partial charge < -0.3 is 14.8 Å². The minimum Gasteiger partial charge on any atom is -0.463 e. The van der Waals surface area contributed by atoms with Gasteiger partial charge in [0.15, 0.2) is 11.7 Å². The fourth-order valence-electron chi connectivity index (χ4n) is 3.02. The number of hydrogen-bond acceptors (Lipinski definition) is 6. The number of benzene rings is 1. The number of amidine groups is 1. The highest BCUT2D eigenvalue weighted by atomic mass is 19.1. The molecule has 1 atom stereocenters. The maximum Gasteiger partial charge on any atom is 0.338 e. The van der Waals surface area contributed by atoms with Crippen LogP contribution in [0.15, 0.2) is 46.7 Å². The molecule has 0 spiro atoms. The van der Waals surface area contributed by atoms with E-state index >= 15 is 0 Å². The molecule has 31 heavy (non-hydrogen) atoms. The van der Waals surface area contributed by atoms with Crippen molar-refractivity contribution in [2.75, 3.05) is 19.8 Å². The Hall–Kier alpha value is -3.27. The number of pyridine rings is 1. The molecule has 164 valence electrons. The molecule has 0 saturated carbocycles. The van der Waals surface area contributed by atoms with Gasteiger partial charge in [-0.25, -0.2) is 27.3 Å². The minimum absolute atomic E-state index is 0.0353. The molecule has 0 fully saturated rings. The van der Waals surface area contributed by atoms with Gasteiger partial charge in [0.05, 0.1) is 30.7 Å². The predicted octanol–water partition coefficient (Wildman–Crippen LogP) is 3.58. The average molecular weight is 437 g/mol. The van der Waals surface area contributed by atoms with Gasteiger partial charge in [-0.05, 0) is 19.9 Å². The van der Waals surface area contributed by atoms with Gasteiger partial charge >= 0.3 is 5.97 Å². The number of hydrogen-bond donors (Lipinski definition) is 1. The summed E-state index contributed by atoms with van der Waals surface area (Å²) in [5.41, 5.74) is -0.414. The number of aliphatic imine (C=N–C) groups is 1. The van der Waals surface area contributed by atoms with E-state index in [4.69, 9.17) is 9.47 Å². The molecule has 0 amide bonds. The van der Waals surface area contributed by atoms with E-state index in [2.05, 4.69) is 15.3 Å². The van der Waals surface area contributed by atoms with Crippen LogP contribution in [-0.4, -0.2) is 36.6 Å². The molecule has 0 bridgehead atoms. The fourth-order valence-corrected chi connectivity index (χ4v) is 3.02. The molecule has 1 aromatic carbocycles. The lowest BCUT2D eigenvalue weighted by Gasteiger charge is -2.27. The van der Waals surface area contributed by atoms with Gasteiger partial charge in [0.1, 0.15) is 29.2 Å². The molecule has 10 heteroatoms. The van der Waals surface area contributed by atoms with Gasteiger partial charge in [-0.3, -0.25) is 4.99 Å². The van der Waals surface area contributed by atoms with Crippen molar-refractivity contribution in [1.29, 1.82) is 0 Å². The summed E-state index contributed by atoms with van der Waals surface area (Å²) >= 11 is 0. The lowest BCUT2D eigenvalue weighted by Crippen LogP contribution is -2.37. The van der Waals surface area contributed by atoms with Gasteiger partial charge in [-0.2, -0.15) is 0 Å². The first-order valence-electron chi connectivity index (χ1n) is 9.44. The van der Waals surface area contributed by atoms with Crippen LogP contribution in [0.25, 0.3) is 0 Å². The van der Waals surface area contributed by atoms with Crippen molar-refractivity contribution in [3.05, 3.63) is 76.3 Å². The van der Waals surface area contributed by atoms with E-state index < -0.39 is 35.3 Å². The van der Waals surface area contributed by atoms with Crippen molar-refractivity contribution >= 4 is 11.8 Å². The summed E-state index contributed by atoms with van der Waals surface area (Å²) in [5, 5.41) is 2.77. The molecule has 3 rings (SSSR count). The van der Waals surface area contributed by atoms with Crippen molar-refractivity contribution in [2.24, 2.45) is 4.99 Å². The average Bonchev–Trinajstić information content (AvgIpc) is 2.71. The smallest absolute Gasteiger partial charge is 0.338 e. The summed E-state index contributed by atoms with van der Waals surface area (Å²) in [7, 11) is 0. The van der Waals surface area contributed by atoms with Crippen LogP contribution in [0.3, 0.4) is 0 Å². The highest BCUT2D eigenvalue weighted by Crippen LogP contribution is 2.34. The first-order chi connectivity index (χ1) is 14.8. The first kappa shape index (κ1) is 22.4. The SMILES string of the molecule is CCOCC1=C(C(=O)OCC)C(c2ccc(F)cc2F)N=C(c2ncc(F)cc2F)N1. The molecule has 0 radical (unpaired) electrons. The van der Waals surface area contributed by atoms with Crippen LogP contribution in [-0.2, 0) is 14.3 Å². The van der Waals surface area contributed by atoms with E-state index in [-0.39, 0.29) is 48.2 Å². The van der Waals surface area contributed by atoms with Gasteiger partial charge in [-0.1, -0.05) is 6.07 Å². The highest BCUT2D eigenvalue weighted by Gasteiger charge is 2.34. The summed E-state index contributed by atoms with van der Waals surface area (Å²) in [5.74, 6) is -4.65. The molecule has 1 aliphatic heterocycles. The van der Waals surface area contributed by atoms with E-state index in [0.717, 1.165) is 18.3 Å². The van der Waals surface area contributed by atoms with Crippen molar-refractivity contribution in [1.82, 2.24) is 10.3 Å². The van der Waals surface area contributed by atoms with Crippen LogP contribution in [0.1, 0.15) is 31.1 Å². The number of ether oxygens (including phenoxy) is 2. The number of nitrogens with one attached hydrogen (secondary N) is 1. The zero-order valence-corrected chi connectivity index (χ0v) is 16.7. The number of carbonyl (C=O) groups is 1. The monoisotopic (exact) mass is 437 g/mol. The fraction of sp³-hybridized carbons (Fsp3) is 0.286. The topological polar surface area (TPSA) is 72.8 Å². The molecule has 1 N–H and O–H groups in total. The predicted molar refractivity (Wildman–Crippen MR) is 103 cm³/mol. The number of nitrogens with zero attached hydrogens (tertiary/aromatic N) is 2. The van der Waals surface area contributed by atoms with Crippen LogP contribution in [0.4, 0.5) is 17.6 Å². The lowest BCUT2D eigenvalue weighted by atomic mass is 9.95. The quantitative estimate of drug-likeness (QED) is 0.530. The third kappa shape index (κ3) is 4.91. The number of rotatable bonds is 7. The van der Waals surface area contributed by atoms with Crippen molar-refractivity contribution in [3.63, 3.8) is 0 Å². The second-order valence-corrected chi connectivity index (χ2v) is 6.40. The lowest BCUT2D eigenvalue weighted by molar-refractivity contribution is -0.139. The summed E-state index contributed by atoms with van der Waals surface area (Å²) in [6.07, 6.45) is 0.795. The molecule has 6 nitrogen and oxygen atoms in total. The van der Waals surface area contributed by atoms with Crippen LogP contribution >= 0.6 is 0 Å². The van der Waals surface area contributed by atoms with Gasteiger partial charge in [0.25, 0.3) is 0 Å². The summed E-state index contributed by atoms with van der Waals surface area (Å²) in [4.78, 5) is 20.7. The van der Waals surface area contributed by atoms with Crippen molar-refractivity contribution < 1.29 is 31.8 Å². The molecular formula is C21H19F4N3O3. The Balaban J connectivity index is 2.19. The molecular weight excluding hydrogens is 418 g/mol. The third-order valence-electron chi connectivity index (χ3n) is 4.36. The van der Waals surface area contributed by atoms with Gasteiger partial charge in [0, 0.05) is 24.3 Å². The summed E-state index contributed by atoms with van der Waals surface area (Å²) in [6, 6.07) is 2.10. The van der Waals surface area contributed by atoms with E-state index in [9.17, 15) is 22.4 Å². The van der Waals surface area contributed by atoms with Crippen LogP contribution in [0, 0.1) is 23.3 Å². The highest BCUT2D eigenvalue weighted by molar-refractivity contribution is 6.02. The third-order valence-corrected chi connectivity index (χ3v) is 4.36. The Morgan fingerprint density at radius 3 is 2.45 bits per heavy atom. The second kappa shape index (κ2) is 9.69. The zero-order chi connectivity index (χ0) is 22.5. The van der Waals surface area contributed by atoms with Crippen LogP contribution in [0.2, 0.25) is 0 Å². The Morgan fingerprint density at radius 1 is 1.06 bits per heavy atom. The maximum atomic E-state index is 14.6. The van der Waals surface area contributed by atoms with Crippen molar-refractivity contribution in [2.45, 2.75) is 19.9 Å². The Labute approximate surface area is 175 Å². The van der Waals surface area contributed by atoms with E-state index in [0.29, 0.717) is 12.1 Å². The van der Waals surface area contributed by atoms with Gasteiger partial charge in [0.2, 0.25) is 0 Å². The molecule has 1 aromatic heterocycles. The molecule has 1 unspecified atom stereocenters. The van der Waals surface area contributed by atoms with E-state index in [1.807, 2.05) is 0 Å². The first-order valence-corrected chi connectivity index (χ1v) is 9.44. The number of carbonyl (C=O) groups excluding carboxylic acids is 1. The van der Waals surface area contributed by atoms with E-state index in [1.165, 1.54) is 0 Å². The molecule has 2 aromatic rings. The Bertz CT molecular complexity index is 1060. The largest absolute Gasteiger partial charge is 0.463 e. The molecule has 2 heterocycles. The normalized spacial score (nSPS) is 16.1. The van der Waals surface area contributed by atoms with Crippen LogP contribution in [0.5, 0.6) is 0 Å². The summed E-state index contributed by atoms with van der Waals surface area (Å²) < 4.78 is 66.2. The zero-order valence-electron chi connectivity index (χ0n) is 16.7. The summed E-state index contributed by atoms with van der Waals surface area (Å²) in [6.45, 7) is 3.50. The Morgan fingerprint density at radius 2 is 1.81 bits per heavy atom. The second-order valence-electron chi connectivity index (χ2n) is 6.40.